The highest BCUT2D eigenvalue weighted by atomic mass is 16.5. The molecule has 0 N–H and O–H groups in total. The summed E-state index contributed by atoms with van der Waals surface area (Å²) in [6, 6.07) is 27.5. The molecular formula is C39H40N2O3. The first-order valence-corrected chi connectivity index (χ1v) is 15.9. The first-order chi connectivity index (χ1) is 21.2. The van der Waals surface area contributed by atoms with Crippen molar-refractivity contribution in [2.24, 2.45) is 10.4 Å². The monoisotopic (exact) mass is 584 g/mol. The number of fused-ring (bicyclic) bond motifs is 3. The zero-order valence-electron chi connectivity index (χ0n) is 25.9. The average Bonchev–Trinajstić information content (AvgIpc) is 3.28. The molecule has 2 heterocycles. The number of rotatable bonds is 11. The Bertz CT molecular complexity index is 1730. The molecule has 0 spiro atoms. The van der Waals surface area contributed by atoms with Crippen LogP contribution >= 0.6 is 0 Å². The lowest BCUT2D eigenvalue weighted by Gasteiger charge is -2.17. The molecule has 3 aromatic carbocycles. The number of aromatic nitrogens is 1. The van der Waals surface area contributed by atoms with Gasteiger partial charge < -0.3 is 9.26 Å². The molecule has 0 amide bonds. The number of hydrogen-bond acceptors (Lipinski definition) is 5. The average molecular weight is 585 g/mol. The van der Waals surface area contributed by atoms with Crippen molar-refractivity contribution < 1.29 is 14.1 Å². The third kappa shape index (κ3) is 6.19. The van der Waals surface area contributed by atoms with Crippen LogP contribution in [0.25, 0.3) is 5.70 Å². The van der Waals surface area contributed by atoms with Crippen LogP contribution in [0.5, 0.6) is 5.75 Å². The topological polar surface area (TPSA) is 64.7 Å². The zero-order chi connectivity index (χ0) is 30.3. The van der Waals surface area contributed by atoms with Crippen molar-refractivity contribution in [3.8, 4) is 5.75 Å². The summed E-state index contributed by atoms with van der Waals surface area (Å²) in [5, 5.41) is 4.09. The SMILES string of the molecule is CC(C)(C)c1cc(CC(=O)Cc2ccc(C3=CC4C(=N3)Cc3cc(OCC5(CCc6ccccc6)CC5)ccc34)cc2)no1. The van der Waals surface area contributed by atoms with E-state index in [0.29, 0.717) is 17.5 Å². The quantitative estimate of drug-likeness (QED) is 0.178. The second-order valence-electron chi connectivity index (χ2n) is 14.0. The van der Waals surface area contributed by atoms with E-state index in [0.717, 1.165) is 47.8 Å². The van der Waals surface area contributed by atoms with Crippen LogP contribution in [0, 0.1) is 5.41 Å². The van der Waals surface area contributed by atoms with Crippen LogP contribution in [0.3, 0.4) is 0 Å². The number of Topliss-reactive ketones (excluding diaryl/α,β-unsaturated/α-hetero) is 1. The van der Waals surface area contributed by atoms with Crippen LogP contribution in [0.4, 0.5) is 0 Å². The highest BCUT2D eigenvalue weighted by molar-refractivity contribution is 6.05. The Balaban J connectivity index is 0.937. The smallest absolute Gasteiger partial charge is 0.143 e. The molecule has 0 saturated heterocycles. The summed E-state index contributed by atoms with van der Waals surface area (Å²) in [6.45, 7) is 7.01. The van der Waals surface area contributed by atoms with Gasteiger partial charge in [0.2, 0.25) is 0 Å². The van der Waals surface area contributed by atoms with Gasteiger partial charge in [-0.25, -0.2) is 0 Å². The molecule has 5 nitrogen and oxygen atoms in total. The fourth-order valence-corrected chi connectivity index (χ4v) is 6.39. The molecule has 0 bridgehead atoms. The zero-order valence-corrected chi connectivity index (χ0v) is 25.9. The van der Waals surface area contributed by atoms with Crippen LogP contribution < -0.4 is 4.74 Å². The van der Waals surface area contributed by atoms with Gasteiger partial charge in [-0.1, -0.05) is 86.6 Å². The van der Waals surface area contributed by atoms with E-state index < -0.39 is 0 Å². The number of hydrogen-bond donors (Lipinski definition) is 0. The van der Waals surface area contributed by atoms with E-state index in [9.17, 15) is 4.79 Å². The molecule has 1 saturated carbocycles. The number of ketones is 1. The van der Waals surface area contributed by atoms with Gasteiger partial charge in [-0.15, -0.1) is 0 Å². The lowest BCUT2D eigenvalue weighted by Crippen LogP contribution is -2.14. The molecule has 2 aliphatic carbocycles. The minimum Gasteiger partial charge on any atom is -0.493 e. The van der Waals surface area contributed by atoms with Crippen molar-refractivity contribution in [2.45, 2.75) is 77.0 Å². The third-order valence-electron chi connectivity index (χ3n) is 9.39. The largest absolute Gasteiger partial charge is 0.493 e. The third-order valence-corrected chi connectivity index (χ3v) is 9.39. The van der Waals surface area contributed by atoms with Crippen LogP contribution in [0.15, 0.2) is 94.5 Å². The van der Waals surface area contributed by atoms with E-state index in [2.05, 4.69) is 92.7 Å². The molecule has 1 fully saturated rings. The van der Waals surface area contributed by atoms with Gasteiger partial charge >= 0.3 is 0 Å². The Morgan fingerprint density at radius 2 is 1.75 bits per heavy atom. The Kier molecular flexibility index (Phi) is 7.36. The fourth-order valence-electron chi connectivity index (χ4n) is 6.39. The standard InChI is InChI=1S/C39H40N2O3/c1-38(2,3)37-23-30(41-44-37)22-31(42)19-27-9-11-28(12-10-27)35-24-34-33-14-13-32(20-29(33)21-36(34)40-35)43-25-39(17-18-39)16-15-26-7-5-4-6-8-26/h4-14,20,23-24,34H,15-19,21-22,25H2,1-3H3. The molecule has 0 radical (unpaired) electrons. The second-order valence-corrected chi connectivity index (χ2v) is 14.0. The van der Waals surface area contributed by atoms with E-state index in [-0.39, 0.29) is 23.5 Å². The maximum Gasteiger partial charge on any atom is 0.143 e. The van der Waals surface area contributed by atoms with E-state index >= 15 is 0 Å². The van der Waals surface area contributed by atoms with Crippen molar-refractivity contribution in [2.75, 3.05) is 6.61 Å². The lowest BCUT2D eigenvalue weighted by molar-refractivity contribution is -0.117. The van der Waals surface area contributed by atoms with Gasteiger partial charge in [0.1, 0.15) is 17.3 Å². The molecule has 1 atom stereocenters. The van der Waals surface area contributed by atoms with E-state index in [1.165, 1.54) is 41.7 Å². The van der Waals surface area contributed by atoms with Crippen molar-refractivity contribution in [1.82, 2.24) is 5.16 Å². The minimum atomic E-state index is -0.122. The molecule has 44 heavy (non-hydrogen) atoms. The van der Waals surface area contributed by atoms with Gasteiger partial charge in [-0.2, -0.15) is 0 Å². The molecule has 3 aliphatic rings. The van der Waals surface area contributed by atoms with E-state index in [1.807, 2.05) is 18.2 Å². The van der Waals surface area contributed by atoms with Crippen LogP contribution in [0.2, 0.25) is 0 Å². The minimum absolute atomic E-state index is 0.122. The Morgan fingerprint density at radius 3 is 2.48 bits per heavy atom. The summed E-state index contributed by atoms with van der Waals surface area (Å²) in [6.07, 6.45) is 8.62. The van der Waals surface area contributed by atoms with Gasteiger partial charge in [-0.3, -0.25) is 9.79 Å². The predicted molar refractivity (Wildman–Crippen MR) is 174 cm³/mol. The number of aryl methyl sites for hydroxylation is 1. The summed E-state index contributed by atoms with van der Waals surface area (Å²) in [5.41, 5.74) is 9.28. The van der Waals surface area contributed by atoms with E-state index in [1.54, 1.807) is 0 Å². The molecule has 1 unspecified atom stereocenters. The lowest BCUT2D eigenvalue weighted by atomic mass is 9.93. The summed E-state index contributed by atoms with van der Waals surface area (Å²) in [4.78, 5) is 17.7. The summed E-state index contributed by atoms with van der Waals surface area (Å²) < 4.78 is 11.8. The Hall–Kier alpha value is -4.25. The summed E-state index contributed by atoms with van der Waals surface area (Å²) >= 11 is 0. The van der Waals surface area contributed by atoms with Gasteiger partial charge in [0.25, 0.3) is 0 Å². The van der Waals surface area contributed by atoms with Crippen LogP contribution in [-0.4, -0.2) is 23.3 Å². The molecule has 5 heteroatoms. The number of ether oxygens (including phenoxy) is 1. The van der Waals surface area contributed by atoms with Gasteiger partial charge in [0, 0.05) is 41.4 Å². The maximum absolute atomic E-state index is 12.7. The molecule has 7 rings (SSSR count). The molecule has 4 aromatic rings. The number of nitrogens with zero attached hydrogens (tertiary/aromatic N) is 2. The van der Waals surface area contributed by atoms with Gasteiger partial charge in [0.15, 0.2) is 0 Å². The molecule has 1 aromatic heterocycles. The number of carbonyl (C=O) groups excluding carboxylic acids is 1. The number of aliphatic imine (C=N–C) groups is 1. The maximum atomic E-state index is 12.7. The van der Waals surface area contributed by atoms with Gasteiger partial charge in [0.05, 0.1) is 24.4 Å². The predicted octanol–water partition coefficient (Wildman–Crippen LogP) is 8.25. The highest BCUT2D eigenvalue weighted by Gasteiger charge is 2.43. The number of benzene rings is 3. The first kappa shape index (κ1) is 28.5. The number of carbonyl (C=O) groups is 1. The van der Waals surface area contributed by atoms with E-state index in [4.69, 9.17) is 14.3 Å². The molecule has 1 aliphatic heterocycles. The highest BCUT2D eigenvalue weighted by Crippen LogP contribution is 2.50. The second kappa shape index (κ2) is 11.4. The summed E-state index contributed by atoms with van der Waals surface area (Å²) in [5.74, 6) is 2.13. The first-order valence-electron chi connectivity index (χ1n) is 15.9. The van der Waals surface area contributed by atoms with Crippen molar-refractivity contribution in [3.05, 3.63) is 124 Å². The van der Waals surface area contributed by atoms with Crippen LogP contribution in [-0.2, 0) is 35.9 Å². The fraction of sp³-hybridized carbons (Fsp3) is 0.359. The van der Waals surface area contributed by atoms with Crippen molar-refractivity contribution in [1.29, 1.82) is 0 Å². The molecule has 224 valence electrons. The normalized spacial score (nSPS) is 17.9. The van der Waals surface area contributed by atoms with Gasteiger partial charge in [-0.05, 0) is 71.7 Å². The van der Waals surface area contributed by atoms with Crippen molar-refractivity contribution >= 4 is 17.2 Å². The van der Waals surface area contributed by atoms with Crippen molar-refractivity contribution in [3.63, 3.8) is 0 Å². The Labute approximate surface area is 260 Å². The molecular weight excluding hydrogens is 544 g/mol. The summed E-state index contributed by atoms with van der Waals surface area (Å²) in [7, 11) is 0. The van der Waals surface area contributed by atoms with Crippen LogP contribution in [0.1, 0.15) is 85.2 Å². The Morgan fingerprint density at radius 1 is 0.955 bits per heavy atom. The number of allylic oxidation sites excluding steroid dienone is 1.